The molecule has 2 amide bonds. The molecule has 1 rings (SSSR count). The van der Waals surface area contributed by atoms with Gasteiger partial charge in [0.15, 0.2) is 6.10 Å². The third-order valence-electron chi connectivity index (χ3n) is 4.10. The lowest BCUT2D eigenvalue weighted by Gasteiger charge is -2.24. The summed E-state index contributed by atoms with van der Waals surface area (Å²) >= 11 is 1.72. The molecule has 0 saturated heterocycles. The summed E-state index contributed by atoms with van der Waals surface area (Å²) in [5.74, 6) is 1.27. The molecule has 5 nitrogen and oxygen atoms in total. The van der Waals surface area contributed by atoms with Gasteiger partial charge in [-0.1, -0.05) is 44.2 Å². The first kappa shape index (κ1) is 21.5. The standard InChI is InChI=1S/C19H30N2O3S/c1-4-15(16-9-7-6-8-10-16)13-20-19(24)18(23)17(21-14(3)22)11-12-25-5-2/h6-10,15,17-18,23H,4-5,11-13H2,1-3H3,(H,20,24)(H,21,22)/t15?,17-,18?/m1/s1. The Morgan fingerprint density at radius 3 is 2.44 bits per heavy atom. The molecule has 0 spiro atoms. The van der Waals surface area contributed by atoms with Crippen LogP contribution in [0.2, 0.25) is 0 Å². The van der Waals surface area contributed by atoms with Gasteiger partial charge in [-0.15, -0.1) is 0 Å². The molecule has 0 radical (unpaired) electrons. The van der Waals surface area contributed by atoms with E-state index >= 15 is 0 Å². The van der Waals surface area contributed by atoms with E-state index in [0.717, 1.165) is 23.5 Å². The molecule has 0 bridgehead atoms. The maximum atomic E-state index is 12.3. The second kappa shape index (κ2) is 11.9. The summed E-state index contributed by atoms with van der Waals surface area (Å²) in [6.07, 6.45) is 0.209. The van der Waals surface area contributed by atoms with E-state index in [0.29, 0.717) is 13.0 Å². The summed E-state index contributed by atoms with van der Waals surface area (Å²) in [4.78, 5) is 23.7. The van der Waals surface area contributed by atoms with Crippen molar-refractivity contribution in [2.75, 3.05) is 18.1 Å². The summed E-state index contributed by atoms with van der Waals surface area (Å²) in [5, 5.41) is 15.9. The van der Waals surface area contributed by atoms with Crippen LogP contribution in [0.25, 0.3) is 0 Å². The molecule has 0 fully saturated rings. The molecular formula is C19H30N2O3S. The normalized spacial score (nSPS) is 14.4. The van der Waals surface area contributed by atoms with Crippen molar-refractivity contribution in [2.24, 2.45) is 0 Å². The van der Waals surface area contributed by atoms with E-state index in [1.165, 1.54) is 6.92 Å². The number of carbonyl (C=O) groups excluding carboxylic acids is 2. The van der Waals surface area contributed by atoms with Crippen molar-refractivity contribution in [1.82, 2.24) is 10.6 Å². The first-order valence-corrected chi connectivity index (χ1v) is 10.0. The molecule has 6 heteroatoms. The van der Waals surface area contributed by atoms with Crippen LogP contribution in [-0.2, 0) is 9.59 Å². The van der Waals surface area contributed by atoms with Gasteiger partial charge in [0.2, 0.25) is 5.91 Å². The van der Waals surface area contributed by atoms with E-state index in [9.17, 15) is 14.7 Å². The maximum absolute atomic E-state index is 12.3. The predicted molar refractivity (Wildman–Crippen MR) is 104 cm³/mol. The van der Waals surface area contributed by atoms with Crippen LogP contribution in [0.15, 0.2) is 30.3 Å². The first-order valence-electron chi connectivity index (χ1n) is 8.85. The first-order chi connectivity index (χ1) is 12.0. The van der Waals surface area contributed by atoms with Gasteiger partial charge in [0.1, 0.15) is 0 Å². The largest absolute Gasteiger partial charge is 0.381 e. The number of carbonyl (C=O) groups is 2. The minimum atomic E-state index is -1.24. The van der Waals surface area contributed by atoms with Crippen molar-refractivity contribution in [1.29, 1.82) is 0 Å². The Morgan fingerprint density at radius 1 is 1.20 bits per heavy atom. The van der Waals surface area contributed by atoms with Crippen molar-refractivity contribution >= 4 is 23.6 Å². The molecular weight excluding hydrogens is 336 g/mol. The summed E-state index contributed by atoms with van der Waals surface area (Å²) in [7, 11) is 0. The van der Waals surface area contributed by atoms with Gasteiger partial charge in [-0.3, -0.25) is 9.59 Å². The van der Waals surface area contributed by atoms with Crippen molar-refractivity contribution in [3.05, 3.63) is 35.9 Å². The Bertz CT molecular complexity index is 525. The lowest BCUT2D eigenvalue weighted by atomic mass is 9.96. The minimum absolute atomic E-state index is 0.201. The topological polar surface area (TPSA) is 78.4 Å². The van der Waals surface area contributed by atoms with E-state index < -0.39 is 18.1 Å². The number of amides is 2. The van der Waals surface area contributed by atoms with Crippen molar-refractivity contribution in [2.45, 2.75) is 51.7 Å². The number of rotatable bonds is 11. The third-order valence-corrected chi connectivity index (χ3v) is 5.03. The van der Waals surface area contributed by atoms with E-state index in [2.05, 4.69) is 24.5 Å². The minimum Gasteiger partial charge on any atom is -0.381 e. The monoisotopic (exact) mass is 366 g/mol. The molecule has 1 aromatic carbocycles. The molecule has 2 unspecified atom stereocenters. The van der Waals surface area contributed by atoms with Gasteiger partial charge in [-0.2, -0.15) is 11.8 Å². The lowest BCUT2D eigenvalue weighted by molar-refractivity contribution is -0.132. The van der Waals surface area contributed by atoms with Crippen molar-refractivity contribution < 1.29 is 14.7 Å². The van der Waals surface area contributed by atoms with Crippen LogP contribution < -0.4 is 10.6 Å². The number of benzene rings is 1. The molecule has 0 aromatic heterocycles. The SMILES string of the molecule is CCSCC[C@@H](NC(C)=O)C(O)C(=O)NCC(CC)c1ccccc1. The highest BCUT2D eigenvalue weighted by atomic mass is 32.2. The molecule has 25 heavy (non-hydrogen) atoms. The molecule has 3 atom stereocenters. The highest BCUT2D eigenvalue weighted by molar-refractivity contribution is 7.99. The number of hydrogen-bond donors (Lipinski definition) is 3. The summed E-state index contributed by atoms with van der Waals surface area (Å²) in [5.41, 5.74) is 1.16. The van der Waals surface area contributed by atoms with Crippen LogP contribution in [0.5, 0.6) is 0 Å². The molecule has 0 aliphatic rings. The lowest BCUT2D eigenvalue weighted by Crippen LogP contribution is -2.51. The highest BCUT2D eigenvalue weighted by Gasteiger charge is 2.27. The molecule has 1 aromatic rings. The van der Waals surface area contributed by atoms with Crippen LogP contribution in [-0.4, -0.2) is 47.1 Å². The third kappa shape index (κ3) is 7.92. The smallest absolute Gasteiger partial charge is 0.251 e. The van der Waals surface area contributed by atoms with Crippen LogP contribution in [0.1, 0.15) is 45.1 Å². The fraction of sp³-hybridized carbons (Fsp3) is 0.579. The van der Waals surface area contributed by atoms with E-state index in [1.807, 2.05) is 30.3 Å². The fourth-order valence-corrected chi connectivity index (χ4v) is 3.37. The zero-order chi connectivity index (χ0) is 18.7. The molecule has 0 aliphatic carbocycles. The van der Waals surface area contributed by atoms with E-state index in [-0.39, 0.29) is 11.8 Å². The van der Waals surface area contributed by atoms with E-state index in [1.54, 1.807) is 11.8 Å². The second-order valence-electron chi connectivity index (χ2n) is 6.00. The molecule has 0 saturated carbocycles. The van der Waals surface area contributed by atoms with Gasteiger partial charge in [0.25, 0.3) is 5.91 Å². The number of nitrogens with one attached hydrogen (secondary N) is 2. The Morgan fingerprint density at radius 2 is 1.88 bits per heavy atom. The highest BCUT2D eigenvalue weighted by Crippen LogP contribution is 2.18. The number of hydrogen-bond acceptors (Lipinski definition) is 4. The summed E-state index contributed by atoms with van der Waals surface area (Å²) < 4.78 is 0. The van der Waals surface area contributed by atoms with Crippen LogP contribution in [0.4, 0.5) is 0 Å². The number of aliphatic hydroxyl groups excluding tert-OH is 1. The summed E-state index contributed by atoms with van der Waals surface area (Å²) in [6, 6.07) is 9.44. The van der Waals surface area contributed by atoms with Crippen molar-refractivity contribution in [3.8, 4) is 0 Å². The Kier molecular flexibility index (Phi) is 10.3. The molecule has 140 valence electrons. The van der Waals surface area contributed by atoms with Gasteiger partial charge in [0, 0.05) is 19.4 Å². The van der Waals surface area contributed by atoms with Gasteiger partial charge in [-0.25, -0.2) is 0 Å². The Hall–Kier alpha value is -1.53. The van der Waals surface area contributed by atoms with Gasteiger partial charge < -0.3 is 15.7 Å². The Balaban J connectivity index is 2.60. The molecule has 0 aliphatic heterocycles. The maximum Gasteiger partial charge on any atom is 0.251 e. The van der Waals surface area contributed by atoms with Crippen LogP contribution in [0.3, 0.4) is 0 Å². The summed E-state index contributed by atoms with van der Waals surface area (Å²) in [6.45, 7) is 5.98. The average molecular weight is 367 g/mol. The zero-order valence-electron chi connectivity index (χ0n) is 15.3. The van der Waals surface area contributed by atoms with Gasteiger partial charge >= 0.3 is 0 Å². The fourth-order valence-electron chi connectivity index (χ4n) is 2.66. The average Bonchev–Trinajstić information content (AvgIpc) is 2.61. The number of aliphatic hydroxyl groups is 1. The van der Waals surface area contributed by atoms with Crippen LogP contribution in [0, 0.1) is 0 Å². The predicted octanol–water partition coefficient (Wildman–Crippen LogP) is 2.31. The van der Waals surface area contributed by atoms with Crippen LogP contribution >= 0.6 is 11.8 Å². The van der Waals surface area contributed by atoms with Gasteiger partial charge in [-0.05, 0) is 29.9 Å². The van der Waals surface area contributed by atoms with Gasteiger partial charge in [0.05, 0.1) is 6.04 Å². The second-order valence-corrected chi connectivity index (χ2v) is 7.39. The quantitative estimate of drug-likeness (QED) is 0.525. The van der Waals surface area contributed by atoms with Crippen molar-refractivity contribution in [3.63, 3.8) is 0 Å². The molecule has 3 N–H and O–H groups in total. The Labute approximate surface area is 155 Å². The number of thioether (sulfide) groups is 1. The zero-order valence-corrected chi connectivity index (χ0v) is 16.1. The molecule has 0 heterocycles. The van der Waals surface area contributed by atoms with E-state index in [4.69, 9.17) is 0 Å².